The quantitative estimate of drug-likeness (QED) is 0.573. The van der Waals surface area contributed by atoms with E-state index in [1.807, 2.05) is 41.3 Å². The van der Waals surface area contributed by atoms with E-state index in [0.717, 1.165) is 25.5 Å². The van der Waals surface area contributed by atoms with Crippen LogP contribution in [-0.4, -0.2) is 33.0 Å². The molecular weight excluding hydrogens is 392 g/mol. The van der Waals surface area contributed by atoms with Gasteiger partial charge in [-0.2, -0.15) is 0 Å². The molecule has 142 valence electrons. The fourth-order valence-electron chi connectivity index (χ4n) is 3.25. The summed E-state index contributed by atoms with van der Waals surface area (Å²) in [4.78, 5) is 19.4. The topological polar surface area (TPSA) is 23.6 Å². The van der Waals surface area contributed by atoms with Crippen molar-refractivity contribution >= 4 is 57.3 Å². The number of nitrogens with zero attached hydrogens (tertiary/aromatic N) is 2. The summed E-state index contributed by atoms with van der Waals surface area (Å²) in [6.45, 7) is 8.51. The number of rotatable bonds is 4. The number of fused-ring (bicyclic) bond motifs is 2. The maximum atomic E-state index is 13.2. The van der Waals surface area contributed by atoms with E-state index < -0.39 is 0 Å². The number of thiocarbonyl (C=S) groups is 1. The van der Waals surface area contributed by atoms with Crippen LogP contribution < -0.4 is 4.90 Å². The van der Waals surface area contributed by atoms with E-state index >= 15 is 0 Å². The number of thioether (sulfide) groups is 1. The van der Waals surface area contributed by atoms with E-state index in [4.69, 9.17) is 12.2 Å². The lowest BCUT2D eigenvalue weighted by atomic mass is 10.2. The Morgan fingerprint density at radius 3 is 1.96 bits per heavy atom. The number of anilines is 2. The lowest BCUT2D eigenvalue weighted by Crippen LogP contribution is -2.40. The van der Waals surface area contributed by atoms with Crippen molar-refractivity contribution in [1.82, 2.24) is 4.90 Å². The fraction of sp³-hybridized carbons (Fsp3) is 0.333. The molecule has 0 spiro atoms. The van der Waals surface area contributed by atoms with E-state index in [0.29, 0.717) is 17.8 Å². The van der Waals surface area contributed by atoms with Crippen LogP contribution in [0.5, 0.6) is 0 Å². The van der Waals surface area contributed by atoms with Crippen LogP contribution in [0.1, 0.15) is 27.7 Å². The van der Waals surface area contributed by atoms with Crippen molar-refractivity contribution in [2.45, 2.75) is 49.6 Å². The molecule has 1 amide bonds. The fourth-order valence-corrected chi connectivity index (χ4v) is 5.86. The van der Waals surface area contributed by atoms with Gasteiger partial charge in [-0.3, -0.25) is 9.69 Å². The average molecular weight is 417 g/mol. The van der Waals surface area contributed by atoms with Gasteiger partial charge in [0.2, 0.25) is 5.91 Å². The summed E-state index contributed by atoms with van der Waals surface area (Å²) in [7, 11) is 0. The first-order valence-electron chi connectivity index (χ1n) is 9.04. The van der Waals surface area contributed by atoms with Gasteiger partial charge in [0.05, 0.1) is 17.1 Å². The molecular formula is C21H24N2OS3. The van der Waals surface area contributed by atoms with E-state index in [1.54, 1.807) is 11.8 Å². The smallest absolute Gasteiger partial charge is 0.242 e. The molecule has 0 saturated heterocycles. The predicted molar refractivity (Wildman–Crippen MR) is 121 cm³/mol. The molecule has 1 heterocycles. The largest absolute Gasteiger partial charge is 0.353 e. The molecule has 0 aliphatic carbocycles. The van der Waals surface area contributed by atoms with Gasteiger partial charge in [-0.25, -0.2) is 0 Å². The molecule has 3 nitrogen and oxygen atoms in total. The summed E-state index contributed by atoms with van der Waals surface area (Å²) in [5.41, 5.74) is 1.89. The minimum Gasteiger partial charge on any atom is -0.353 e. The van der Waals surface area contributed by atoms with E-state index in [1.165, 1.54) is 11.8 Å². The summed E-state index contributed by atoms with van der Waals surface area (Å²) in [5.74, 6) is 0.372. The maximum Gasteiger partial charge on any atom is 0.242 e. The maximum absolute atomic E-state index is 13.2. The number of benzene rings is 2. The Morgan fingerprint density at radius 1 is 1.00 bits per heavy atom. The molecule has 0 saturated carbocycles. The monoisotopic (exact) mass is 416 g/mol. The molecule has 0 fully saturated rings. The minimum atomic E-state index is 0.0509. The van der Waals surface area contributed by atoms with Crippen molar-refractivity contribution in [3.63, 3.8) is 0 Å². The number of carbonyl (C=O) groups excluding carboxylic acids is 1. The first-order valence-corrected chi connectivity index (χ1v) is 11.2. The van der Waals surface area contributed by atoms with Crippen molar-refractivity contribution < 1.29 is 4.79 Å². The third-order valence-electron chi connectivity index (χ3n) is 4.32. The summed E-state index contributed by atoms with van der Waals surface area (Å²) in [5, 5.41) is 0. The van der Waals surface area contributed by atoms with Crippen LogP contribution in [0.3, 0.4) is 0 Å². The normalized spacial score (nSPS) is 12.7. The second-order valence-electron chi connectivity index (χ2n) is 6.92. The average Bonchev–Trinajstić information content (AvgIpc) is 2.63. The first-order chi connectivity index (χ1) is 12.9. The van der Waals surface area contributed by atoms with E-state index in [2.05, 4.69) is 44.7 Å². The molecule has 0 unspecified atom stereocenters. The molecule has 0 N–H and O–H groups in total. The Morgan fingerprint density at radius 2 is 1.48 bits per heavy atom. The van der Waals surface area contributed by atoms with Gasteiger partial charge in [-0.05, 0) is 52.0 Å². The third kappa shape index (κ3) is 4.33. The molecule has 1 aliphatic rings. The van der Waals surface area contributed by atoms with Crippen LogP contribution >= 0.6 is 35.7 Å². The van der Waals surface area contributed by atoms with Crippen LogP contribution in [0.25, 0.3) is 0 Å². The minimum absolute atomic E-state index is 0.0509. The van der Waals surface area contributed by atoms with Gasteiger partial charge in [-0.1, -0.05) is 60.0 Å². The second-order valence-corrected chi connectivity index (χ2v) is 9.61. The van der Waals surface area contributed by atoms with Crippen LogP contribution in [0, 0.1) is 0 Å². The van der Waals surface area contributed by atoms with Gasteiger partial charge in [-0.15, -0.1) is 0 Å². The standard InChI is InChI=1S/C21H24N2OS3/c1-14(2)22(15(3)4)21(25)26-13-20(24)23-16-9-5-7-11-18(16)27-19-12-8-6-10-17(19)23/h5-12,14-15H,13H2,1-4H3. The lowest BCUT2D eigenvalue weighted by Gasteiger charge is -2.34. The molecule has 6 heteroatoms. The molecule has 0 bridgehead atoms. The zero-order chi connectivity index (χ0) is 19.6. The Kier molecular flexibility index (Phi) is 6.50. The number of carbonyl (C=O) groups is 1. The van der Waals surface area contributed by atoms with E-state index in [9.17, 15) is 4.79 Å². The van der Waals surface area contributed by atoms with Crippen molar-refractivity contribution in [1.29, 1.82) is 0 Å². The van der Waals surface area contributed by atoms with Gasteiger partial charge in [0.1, 0.15) is 4.32 Å². The number of hydrogen-bond acceptors (Lipinski definition) is 4. The Labute approximate surface area is 175 Å². The van der Waals surface area contributed by atoms with Crippen molar-refractivity contribution in [2.75, 3.05) is 10.7 Å². The zero-order valence-corrected chi connectivity index (χ0v) is 18.5. The Hall–Kier alpha value is -1.50. The highest BCUT2D eigenvalue weighted by molar-refractivity contribution is 8.23. The van der Waals surface area contributed by atoms with E-state index in [-0.39, 0.29) is 5.91 Å². The Bertz CT molecular complexity index is 797. The molecule has 1 aliphatic heterocycles. The molecule has 3 rings (SSSR count). The summed E-state index contributed by atoms with van der Waals surface area (Å²) in [6, 6.07) is 16.7. The third-order valence-corrected chi connectivity index (χ3v) is 6.87. The van der Waals surface area contributed by atoms with Gasteiger partial charge in [0.15, 0.2) is 0 Å². The molecule has 0 radical (unpaired) electrons. The number of amides is 1. The van der Waals surface area contributed by atoms with Crippen molar-refractivity contribution in [3.8, 4) is 0 Å². The highest BCUT2D eigenvalue weighted by Crippen LogP contribution is 2.48. The van der Waals surface area contributed by atoms with Crippen LogP contribution in [0.4, 0.5) is 11.4 Å². The van der Waals surface area contributed by atoms with Crippen LogP contribution in [-0.2, 0) is 4.79 Å². The molecule has 2 aromatic carbocycles. The van der Waals surface area contributed by atoms with Crippen molar-refractivity contribution in [3.05, 3.63) is 48.5 Å². The second kappa shape index (κ2) is 8.67. The Balaban J connectivity index is 1.82. The summed E-state index contributed by atoms with van der Waals surface area (Å²) >= 11 is 8.78. The number of hydrogen-bond donors (Lipinski definition) is 0. The first kappa shape index (κ1) is 20.2. The summed E-state index contributed by atoms with van der Waals surface area (Å²) in [6.07, 6.45) is 0. The summed E-state index contributed by atoms with van der Waals surface area (Å²) < 4.78 is 0.779. The highest BCUT2D eigenvalue weighted by Gasteiger charge is 2.28. The lowest BCUT2D eigenvalue weighted by molar-refractivity contribution is -0.115. The molecule has 0 atom stereocenters. The zero-order valence-electron chi connectivity index (χ0n) is 16.0. The highest BCUT2D eigenvalue weighted by atomic mass is 32.2. The van der Waals surface area contributed by atoms with Gasteiger partial charge >= 0.3 is 0 Å². The van der Waals surface area contributed by atoms with Crippen molar-refractivity contribution in [2.24, 2.45) is 0 Å². The van der Waals surface area contributed by atoms with Crippen LogP contribution in [0.15, 0.2) is 58.3 Å². The predicted octanol–water partition coefficient (Wildman–Crippen LogP) is 5.95. The SMILES string of the molecule is CC(C)N(C(=S)SCC(=O)N1c2ccccc2Sc2ccccc21)C(C)C. The van der Waals surface area contributed by atoms with Gasteiger partial charge < -0.3 is 4.90 Å². The molecule has 2 aromatic rings. The molecule has 0 aromatic heterocycles. The van der Waals surface area contributed by atoms with Gasteiger partial charge in [0.25, 0.3) is 0 Å². The number of para-hydroxylation sites is 2. The van der Waals surface area contributed by atoms with Gasteiger partial charge in [0, 0.05) is 21.9 Å². The van der Waals surface area contributed by atoms with Crippen LogP contribution in [0.2, 0.25) is 0 Å². The molecule has 27 heavy (non-hydrogen) atoms.